The van der Waals surface area contributed by atoms with Gasteiger partial charge >= 0.3 is 0 Å². The summed E-state index contributed by atoms with van der Waals surface area (Å²) in [4.78, 5) is 33.4. The molecule has 3 aliphatic rings. The molecule has 5 heterocycles. The quantitative estimate of drug-likeness (QED) is 0.551. The molecular weight excluding hydrogens is 408 g/mol. The average molecular weight is 437 g/mol. The summed E-state index contributed by atoms with van der Waals surface area (Å²) < 4.78 is 7.80. The molecule has 0 spiro atoms. The Morgan fingerprint density at radius 1 is 1.31 bits per heavy atom. The summed E-state index contributed by atoms with van der Waals surface area (Å²) in [6, 6.07) is 1.93. The molecule has 5 rings (SSSR count). The summed E-state index contributed by atoms with van der Waals surface area (Å²) in [7, 11) is 1.91. The largest absolute Gasteiger partial charge is 0.341 e. The van der Waals surface area contributed by atoms with Gasteiger partial charge in [-0.2, -0.15) is 4.98 Å². The van der Waals surface area contributed by atoms with Gasteiger partial charge in [0, 0.05) is 38.1 Å². The average Bonchev–Trinajstić information content (AvgIpc) is 3.48. The van der Waals surface area contributed by atoms with Crippen LogP contribution in [0.15, 0.2) is 12.3 Å². The summed E-state index contributed by atoms with van der Waals surface area (Å²) >= 11 is 0. The highest BCUT2D eigenvalue weighted by Crippen LogP contribution is 2.40. The van der Waals surface area contributed by atoms with Gasteiger partial charge in [-0.25, -0.2) is 9.97 Å². The van der Waals surface area contributed by atoms with Crippen LogP contribution in [0.2, 0.25) is 0 Å². The molecule has 2 unspecified atom stereocenters. The second-order valence-electron chi connectivity index (χ2n) is 8.52. The van der Waals surface area contributed by atoms with E-state index in [9.17, 15) is 4.79 Å². The van der Waals surface area contributed by atoms with Crippen LogP contribution in [0, 0.1) is 18.8 Å². The van der Waals surface area contributed by atoms with Crippen molar-refractivity contribution in [2.24, 2.45) is 5.73 Å². The number of epoxide rings is 1. The van der Waals surface area contributed by atoms with Crippen molar-refractivity contribution in [3.05, 3.63) is 29.5 Å². The maximum Gasteiger partial charge on any atom is 0.277 e. The molecule has 0 radical (unpaired) electrons. The van der Waals surface area contributed by atoms with Crippen LogP contribution in [0.5, 0.6) is 0 Å². The molecule has 10 nitrogen and oxygen atoms in total. The van der Waals surface area contributed by atoms with Crippen LogP contribution >= 0.6 is 0 Å². The summed E-state index contributed by atoms with van der Waals surface area (Å²) in [6.45, 7) is 5.91. The SMILES string of the molecule is CC#CCn1c(N2CCC[C@@H](N)C2)nc2c1C(=O)N(Cc1nccc(C)n1)C1OC1N2C. The van der Waals surface area contributed by atoms with Crippen molar-refractivity contribution in [3.8, 4) is 11.8 Å². The maximum atomic E-state index is 13.9. The Balaban J connectivity index is 1.57. The van der Waals surface area contributed by atoms with Crippen LogP contribution in [0.1, 0.15) is 41.8 Å². The Morgan fingerprint density at radius 2 is 2.16 bits per heavy atom. The van der Waals surface area contributed by atoms with Crippen molar-refractivity contribution in [1.29, 1.82) is 0 Å². The van der Waals surface area contributed by atoms with Crippen molar-refractivity contribution >= 4 is 17.7 Å². The monoisotopic (exact) mass is 436 g/mol. The molecule has 3 atom stereocenters. The minimum atomic E-state index is -0.358. The summed E-state index contributed by atoms with van der Waals surface area (Å²) in [5, 5.41) is 0. The van der Waals surface area contributed by atoms with Gasteiger partial charge in [0.1, 0.15) is 5.82 Å². The van der Waals surface area contributed by atoms with Crippen molar-refractivity contribution in [2.75, 3.05) is 29.9 Å². The van der Waals surface area contributed by atoms with E-state index in [0.717, 1.165) is 31.0 Å². The van der Waals surface area contributed by atoms with Gasteiger partial charge in [0.05, 0.1) is 13.1 Å². The molecule has 2 fully saturated rings. The Kier molecular flexibility index (Phi) is 5.23. The van der Waals surface area contributed by atoms with Crippen LogP contribution in [0.25, 0.3) is 0 Å². The number of imidazole rings is 1. The maximum absolute atomic E-state index is 13.9. The lowest BCUT2D eigenvalue weighted by atomic mass is 10.1. The molecule has 0 aromatic carbocycles. The molecule has 168 valence electrons. The molecular formula is C22H28N8O2. The van der Waals surface area contributed by atoms with E-state index in [1.165, 1.54) is 0 Å². The van der Waals surface area contributed by atoms with Crippen LogP contribution in [0.3, 0.4) is 0 Å². The van der Waals surface area contributed by atoms with Crippen molar-refractivity contribution in [1.82, 2.24) is 24.4 Å². The third kappa shape index (κ3) is 3.57. The van der Waals surface area contributed by atoms with E-state index in [2.05, 4.69) is 26.7 Å². The van der Waals surface area contributed by atoms with Crippen molar-refractivity contribution in [3.63, 3.8) is 0 Å². The molecule has 2 N–H and O–H groups in total. The standard InChI is InChI=1S/C22H28N8O2/c1-4-5-11-29-17-18(26-22(29)28-10-6-7-15(23)12-28)27(3)20-21(32-20)30(19(17)31)13-16-24-9-8-14(2)25-16/h8-9,15,20-21H,6-7,10-13,23H2,1-3H3/t15-,20?,21?/m1/s1. The lowest BCUT2D eigenvalue weighted by molar-refractivity contribution is 0.0636. The highest BCUT2D eigenvalue weighted by Gasteiger charge is 2.54. The van der Waals surface area contributed by atoms with Crippen molar-refractivity contribution < 1.29 is 9.53 Å². The minimum absolute atomic E-state index is 0.0884. The first-order valence-corrected chi connectivity index (χ1v) is 11.0. The number of nitrogens with zero attached hydrogens (tertiary/aromatic N) is 7. The molecule has 1 amide bonds. The number of aryl methyl sites for hydroxylation is 1. The number of carbonyl (C=O) groups excluding carboxylic acids is 1. The number of hydrogen-bond acceptors (Lipinski definition) is 8. The smallest absolute Gasteiger partial charge is 0.277 e. The molecule has 32 heavy (non-hydrogen) atoms. The van der Waals surface area contributed by atoms with E-state index in [1.807, 2.05) is 29.5 Å². The molecule has 2 saturated heterocycles. The van der Waals surface area contributed by atoms with E-state index in [1.54, 1.807) is 18.0 Å². The number of anilines is 2. The van der Waals surface area contributed by atoms with Crippen LogP contribution in [-0.4, -0.2) is 69.0 Å². The van der Waals surface area contributed by atoms with E-state index >= 15 is 0 Å². The number of ether oxygens (including phenoxy) is 1. The third-order valence-electron chi connectivity index (χ3n) is 6.17. The normalized spacial score (nSPS) is 24.4. The predicted octanol–water partition coefficient (Wildman–Crippen LogP) is 0.707. The predicted molar refractivity (Wildman–Crippen MR) is 119 cm³/mol. The first-order chi connectivity index (χ1) is 15.5. The summed E-state index contributed by atoms with van der Waals surface area (Å²) in [6.07, 6.45) is 3.09. The Labute approximate surface area is 187 Å². The van der Waals surface area contributed by atoms with E-state index in [-0.39, 0.29) is 30.9 Å². The van der Waals surface area contributed by atoms with Gasteiger partial charge in [0.2, 0.25) is 5.95 Å². The summed E-state index contributed by atoms with van der Waals surface area (Å²) in [5.74, 6) is 7.83. The van der Waals surface area contributed by atoms with E-state index < -0.39 is 0 Å². The molecule has 10 heteroatoms. The molecule has 2 aromatic rings. The van der Waals surface area contributed by atoms with Crippen molar-refractivity contribution in [2.45, 2.75) is 58.3 Å². The zero-order valence-corrected chi connectivity index (χ0v) is 18.7. The zero-order valence-electron chi connectivity index (χ0n) is 18.7. The number of carbonyl (C=O) groups is 1. The van der Waals surface area contributed by atoms with Gasteiger partial charge in [0.15, 0.2) is 24.0 Å². The third-order valence-corrected chi connectivity index (χ3v) is 6.17. The molecule has 2 aromatic heterocycles. The van der Waals surface area contributed by atoms with Gasteiger partial charge < -0.3 is 20.3 Å². The fourth-order valence-corrected chi connectivity index (χ4v) is 4.50. The Morgan fingerprint density at radius 3 is 2.91 bits per heavy atom. The number of aromatic nitrogens is 4. The fraction of sp³-hybridized carbons (Fsp3) is 0.545. The van der Waals surface area contributed by atoms with Crippen LogP contribution < -0.4 is 15.5 Å². The topological polar surface area (TPSA) is 109 Å². The van der Waals surface area contributed by atoms with E-state index in [0.29, 0.717) is 30.4 Å². The number of amides is 1. The second kappa shape index (κ2) is 8.07. The number of piperidine rings is 1. The van der Waals surface area contributed by atoms with Gasteiger partial charge in [-0.15, -0.1) is 5.92 Å². The highest BCUT2D eigenvalue weighted by atomic mass is 16.6. The Hall–Kier alpha value is -3.16. The summed E-state index contributed by atoms with van der Waals surface area (Å²) in [5.41, 5.74) is 7.62. The number of rotatable bonds is 4. The fourth-order valence-electron chi connectivity index (χ4n) is 4.50. The number of hydrogen-bond donors (Lipinski definition) is 1. The van der Waals surface area contributed by atoms with Gasteiger partial charge in [0.25, 0.3) is 5.91 Å². The number of fused-ring (bicyclic) bond motifs is 2. The van der Waals surface area contributed by atoms with Crippen LogP contribution in [-0.2, 0) is 17.8 Å². The first-order valence-electron chi connectivity index (χ1n) is 11.0. The number of likely N-dealkylation sites (N-methyl/N-ethyl adjacent to an activating group) is 1. The van der Waals surface area contributed by atoms with E-state index in [4.69, 9.17) is 15.5 Å². The molecule has 0 aliphatic carbocycles. The highest BCUT2D eigenvalue weighted by molar-refractivity contribution is 5.99. The second-order valence-corrected chi connectivity index (χ2v) is 8.52. The minimum Gasteiger partial charge on any atom is -0.341 e. The van der Waals surface area contributed by atoms with Gasteiger partial charge in [-0.1, -0.05) is 5.92 Å². The lowest BCUT2D eigenvalue weighted by Crippen LogP contribution is -2.44. The Bertz CT molecular complexity index is 1100. The first kappa shape index (κ1) is 20.7. The van der Waals surface area contributed by atoms with Gasteiger partial charge in [-0.3, -0.25) is 14.3 Å². The zero-order chi connectivity index (χ0) is 22.4. The molecule has 0 bridgehead atoms. The van der Waals surface area contributed by atoms with Crippen LogP contribution in [0.4, 0.5) is 11.8 Å². The molecule has 0 saturated carbocycles. The molecule has 3 aliphatic heterocycles. The van der Waals surface area contributed by atoms with Gasteiger partial charge in [-0.05, 0) is 32.8 Å². The lowest BCUT2D eigenvalue weighted by Gasteiger charge is -2.32. The number of nitrogens with two attached hydrogens (primary N) is 1.